The van der Waals surface area contributed by atoms with E-state index >= 15 is 0 Å². The molecule has 0 amide bonds. The Morgan fingerprint density at radius 1 is 1.29 bits per heavy atom. The molecule has 3 nitrogen and oxygen atoms in total. The third kappa shape index (κ3) is 3.14. The summed E-state index contributed by atoms with van der Waals surface area (Å²) in [6.45, 7) is 0. The lowest BCUT2D eigenvalue weighted by molar-refractivity contribution is 0.0661. The molecule has 0 saturated carbocycles. The highest BCUT2D eigenvalue weighted by atomic mass is 79.9. The molecule has 1 aromatic heterocycles. The average molecular weight is 313 g/mol. The number of hydrogen-bond acceptors (Lipinski definition) is 3. The fourth-order valence-electron chi connectivity index (χ4n) is 1.28. The number of rotatable bonds is 4. The minimum absolute atomic E-state index is 0.0206. The van der Waals surface area contributed by atoms with Crippen molar-refractivity contribution in [2.45, 2.75) is 10.6 Å². The molecule has 0 bridgehead atoms. The maximum Gasteiger partial charge on any atom is 0.371 e. The van der Waals surface area contributed by atoms with Crippen LogP contribution < -0.4 is 0 Å². The third-order valence-electron chi connectivity index (χ3n) is 2.08. The molecule has 5 heteroatoms. The Morgan fingerprint density at radius 2 is 2.06 bits per heavy atom. The summed E-state index contributed by atoms with van der Waals surface area (Å²) in [7, 11) is 0. The highest BCUT2D eigenvalue weighted by molar-refractivity contribution is 9.10. The van der Waals surface area contributed by atoms with Crippen molar-refractivity contribution in [2.75, 3.05) is 0 Å². The van der Waals surface area contributed by atoms with E-state index in [2.05, 4.69) is 15.9 Å². The van der Waals surface area contributed by atoms with Crippen LogP contribution in [0.3, 0.4) is 0 Å². The highest BCUT2D eigenvalue weighted by Gasteiger charge is 2.09. The Kier molecular flexibility index (Phi) is 3.91. The summed E-state index contributed by atoms with van der Waals surface area (Å²) in [4.78, 5) is 11.7. The average Bonchev–Trinajstić information content (AvgIpc) is 2.77. The molecule has 0 aliphatic carbocycles. The van der Waals surface area contributed by atoms with Gasteiger partial charge >= 0.3 is 5.97 Å². The SMILES string of the molecule is O=C(O)c1ccc(CSc2ccccc2Br)o1. The molecule has 0 saturated heterocycles. The first-order valence-corrected chi connectivity index (χ1v) is 6.64. The second-order valence-corrected chi connectivity index (χ2v) is 5.16. The highest BCUT2D eigenvalue weighted by Crippen LogP contribution is 2.30. The van der Waals surface area contributed by atoms with E-state index in [-0.39, 0.29) is 5.76 Å². The second-order valence-electron chi connectivity index (χ2n) is 3.29. The maximum absolute atomic E-state index is 10.6. The van der Waals surface area contributed by atoms with Crippen LogP contribution >= 0.6 is 27.7 Å². The summed E-state index contributed by atoms with van der Waals surface area (Å²) < 4.78 is 6.19. The van der Waals surface area contributed by atoms with Crippen LogP contribution in [-0.4, -0.2) is 11.1 Å². The number of thioether (sulfide) groups is 1. The number of furan rings is 1. The van der Waals surface area contributed by atoms with Crippen LogP contribution in [0.4, 0.5) is 0 Å². The van der Waals surface area contributed by atoms with Crippen molar-refractivity contribution < 1.29 is 14.3 Å². The van der Waals surface area contributed by atoms with Gasteiger partial charge in [-0.05, 0) is 40.2 Å². The molecule has 0 fully saturated rings. The molecule has 1 heterocycles. The van der Waals surface area contributed by atoms with Crippen LogP contribution in [0, 0.1) is 0 Å². The lowest BCUT2D eigenvalue weighted by atomic mass is 10.4. The maximum atomic E-state index is 10.6. The van der Waals surface area contributed by atoms with E-state index < -0.39 is 5.97 Å². The van der Waals surface area contributed by atoms with Gasteiger partial charge in [0.05, 0.1) is 5.75 Å². The summed E-state index contributed by atoms with van der Waals surface area (Å²) in [6, 6.07) is 11.0. The van der Waals surface area contributed by atoms with Gasteiger partial charge in [0.25, 0.3) is 0 Å². The third-order valence-corrected chi connectivity index (χ3v) is 4.13. The molecule has 1 N–H and O–H groups in total. The standard InChI is InChI=1S/C12H9BrO3S/c13-9-3-1-2-4-11(9)17-7-8-5-6-10(16-8)12(14)15/h1-6H,7H2,(H,14,15). The molecular formula is C12H9BrO3S. The Morgan fingerprint density at radius 3 is 2.71 bits per heavy atom. The van der Waals surface area contributed by atoms with Gasteiger partial charge in [-0.15, -0.1) is 11.8 Å². The predicted octanol–water partition coefficient (Wildman–Crippen LogP) is 4.03. The first-order valence-electron chi connectivity index (χ1n) is 4.86. The summed E-state index contributed by atoms with van der Waals surface area (Å²) in [5, 5.41) is 8.72. The summed E-state index contributed by atoms with van der Waals surface area (Å²) in [5.74, 6) is 0.202. The van der Waals surface area contributed by atoms with E-state index in [9.17, 15) is 4.79 Å². The molecule has 0 unspecified atom stereocenters. The van der Waals surface area contributed by atoms with Gasteiger partial charge in [-0.25, -0.2) is 4.79 Å². The second kappa shape index (κ2) is 5.42. The summed E-state index contributed by atoms with van der Waals surface area (Å²) >= 11 is 5.04. The van der Waals surface area contributed by atoms with Crippen LogP contribution in [0.2, 0.25) is 0 Å². The Labute approximate surface area is 111 Å². The molecule has 2 rings (SSSR count). The van der Waals surface area contributed by atoms with E-state index in [0.29, 0.717) is 11.5 Å². The zero-order valence-corrected chi connectivity index (χ0v) is 11.1. The molecule has 0 aliphatic heterocycles. The van der Waals surface area contributed by atoms with Crippen molar-refractivity contribution in [3.63, 3.8) is 0 Å². The van der Waals surface area contributed by atoms with Gasteiger partial charge in [0.1, 0.15) is 5.76 Å². The Bertz CT molecular complexity index is 536. The minimum Gasteiger partial charge on any atom is -0.475 e. The molecule has 0 spiro atoms. The van der Waals surface area contributed by atoms with E-state index in [1.165, 1.54) is 6.07 Å². The van der Waals surface area contributed by atoms with Crippen molar-refractivity contribution in [1.82, 2.24) is 0 Å². The molecule has 0 radical (unpaired) electrons. The van der Waals surface area contributed by atoms with Crippen LogP contribution in [0.25, 0.3) is 0 Å². The molecule has 2 aromatic rings. The molecule has 17 heavy (non-hydrogen) atoms. The number of aromatic carboxylic acids is 1. The number of carboxylic acid groups (broad SMARTS) is 1. The fourth-order valence-corrected chi connectivity index (χ4v) is 2.74. The number of halogens is 1. The van der Waals surface area contributed by atoms with E-state index in [4.69, 9.17) is 9.52 Å². The first kappa shape index (κ1) is 12.3. The fraction of sp³-hybridized carbons (Fsp3) is 0.0833. The van der Waals surface area contributed by atoms with Crippen molar-refractivity contribution in [1.29, 1.82) is 0 Å². The van der Waals surface area contributed by atoms with Crippen molar-refractivity contribution >= 4 is 33.7 Å². The van der Waals surface area contributed by atoms with Crippen LogP contribution in [0.15, 0.2) is 50.2 Å². The number of carboxylic acids is 1. The predicted molar refractivity (Wildman–Crippen MR) is 69.4 cm³/mol. The number of hydrogen-bond donors (Lipinski definition) is 1. The van der Waals surface area contributed by atoms with Gasteiger partial charge < -0.3 is 9.52 Å². The van der Waals surface area contributed by atoms with Gasteiger partial charge in [0.15, 0.2) is 0 Å². The van der Waals surface area contributed by atoms with Gasteiger partial charge in [-0.2, -0.15) is 0 Å². The van der Waals surface area contributed by atoms with Crippen LogP contribution in [-0.2, 0) is 5.75 Å². The van der Waals surface area contributed by atoms with Gasteiger partial charge in [-0.3, -0.25) is 0 Å². The first-order chi connectivity index (χ1) is 8.16. The topological polar surface area (TPSA) is 50.4 Å². The largest absolute Gasteiger partial charge is 0.475 e. The molecule has 0 aliphatic rings. The van der Waals surface area contributed by atoms with Gasteiger partial charge in [-0.1, -0.05) is 12.1 Å². The number of carbonyl (C=O) groups is 1. The smallest absolute Gasteiger partial charge is 0.371 e. The van der Waals surface area contributed by atoms with E-state index in [1.807, 2.05) is 24.3 Å². The van der Waals surface area contributed by atoms with E-state index in [1.54, 1.807) is 17.8 Å². The van der Waals surface area contributed by atoms with Crippen molar-refractivity contribution in [3.05, 3.63) is 52.4 Å². The van der Waals surface area contributed by atoms with Gasteiger partial charge in [0, 0.05) is 9.37 Å². The van der Waals surface area contributed by atoms with E-state index in [0.717, 1.165) is 9.37 Å². The van der Waals surface area contributed by atoms with Crippen LogP contribution in [0.1, 0.15) is 16.3 Å². The Balaban J connectivity index is 2.02. The quantitative estimate of drug-likeness (QED) is 0.866. The summed E-state index contributed by atoms with van der Waals surface area (Å²) in [6.07, 6.45) is 0. The lowest BCUT2D eigenvalue weighted by Gasteiger charge is -2.01. The monoisotopic (exact) mass is 312 g/mol. The normalized spacial score (nSPS) is 10.4. The van der Waals surface area contributed by atoms with Crippen LogP contribution in [0.5, 0.6) is 0 Å². The molecule has 1 aromatic carbocycles. The zero-order valence-electron chi connectivity index (χ0n) is 8.72. The van der Waals surface area contributed by atoms with Crippen molar-refractivity contribution in [3.8, 4) is 0 Å². The lowest BCUT2D eigenvalue weighted by Crippen LogP contribution is -1.91. The summed E-state index contributed by atoms with van der Waals surface area (Å²) in [5.41, 5.74) is 0. The minimum atomic E-state index is -1.04. The number of benzene rings is 1. The molecular weight excluding hydrogens is 304 g/mol. The zero-order chi connectivity index (χ0) is 12.3. The molecule has 88 valence electrons. The molecule has 0 atom stereocenters. The Hall–Kier alpha value is -1.20. The van der Waals surface area contributed by atoms with Crippen molar-refractivity contribution in [2.24, 2.45) is 0 Å². The van der Waals surface area contributed by atoms with Gasteiger partial charge in [0.2, 0.25) is 5.76 Å².